The van der Waals surface area contributed by atoms with Gasteiger partial charge in [0.25, 0.3) is 5.91 Å². The Morgan fingerprint density at radius 1 is 1.22 bits per heavy atom. The number of para-hydroxylation sites is 2. The molecule has 1 aliphatic heterocycles. The van der Waals surface area contributed by atoms with E-state index in [1.165, 1.54) is 39.3 Å². The Morgan fingerprint density at radius 3 is 2.56 bits per heavy atom. The van der Waals surface area contributed by atoms with Gasteiger partial charge in [0.05, 0.1) is 5.69 Å². The topological polar surface area (TPSA) is 80.6 Å². The third-order valence-electron chi connectivity index (χ3n) is 4.27. The summed E-state index contributed by atoms with van der Waals surface area (Å²) in [5.41, 5.74) is 0.146. The predicted octanol–water partition coefficient (Wildman–Crippen LogP) is 2.66. The van der Waals surface area contributed by atoms with Crippen LogP contribution in [0.25, 0.3) is 0 Å². The Morgan fingerprint density at radius 2 is 1.89 bits per heavy atom. The number of anilines is 1. The normalized spacial score (nSPS) is 15.3. The average Bonchev–Trinajstić information content (AvgIpc) is 3.26. The first-order valence-corrected chi connectivity index (χ1v) is 9.75. The zero-order chi connectivity index (χ0) is 19.6. The fraction of sp³-hybridized carbons (Fsp3) is 0.353. The van der Waals surface area contributed by atoms with E-state index in [2.05, 4.69) is 10.1 Å². The molecule has 1 N–H and O–H groups in total. The number of carbonyl (C=O) groups excluding carboxylic acids is 1. The quantitative estimate of drug-likeness (QED) is 0.810. The largest absolute Gasteiger partial charge is 0.433 e. The third kappa shape index (κ3) is 4.11. The van der Waals surface area contributed by atoms with Crippen LogP contribution in [-0.2, 0) is 17.1 Å². The lowest BCUT2D eigenvalue weighted by Gasteiger charge is -2.13. The van der Waals surface area contributed by atoms with Crippen LogP contribution >= 0.6 is 0 Å². The van der Waals surface area contributed by atoms with Gasteiger partial charge in [0.15, 0.2) is 0 Å². The van der Waals surface area contributed by atoms with E-state index in [1.54, 1.807) is 13.1 Å². The summed E-state index contributed by atoms with van der Waals surface area (Å²) >= 11 is 0. The van der Waals surface area contributed by atoms with Crippen LogP contribution in [0.1, 0.15) is 23.3 Å². The maximum absolute atomic E-state index is 12.6. The number of halogens is 2. The Kier molecular flexibility index (Phi) is 5.47. The molecule has 3 rings (SSSR count). The number of sulfonamides is 1. The fourth-order valence-electron chi connectivity index (χ4n) is 2.93. The van der Waals surface area contributed by atoms with Crippen LogP contribution in [0.2, 0.25) is 0 Å². The third-order valence-corrected chi connectivity index (χ3v) is 6.13. The number of hydrogen-bond acceptors (Lipinski definition) is 4. The molecular formula is C17H19F2N3O4S. The van der Waals surface area contributed by atoms with Crippen LogP contribution in [-0.4, -0.2) is 42.9 Å². The molecule has 1 aliphatic rings. The number of alkyl halides is 2. The summed E-state index contributed by atoms with van der Waals surface area (Å²) in [6, 6.07) is 7.05. The molecule has 1 fully saturated rings. The summed E-state index contributed by atoms with van der Waals surface area (Å²) in [6.07, 6.45) is 2.98. The Hall–Kier alpha value is -2.46. The highest BCUT2D eigenvalue weighted by Gasteiger charge is 2.29. The number of aromatic nitrogens is 1. The highest BCUT2D eigenvalue weighted by molar-refractivity contribution is 7.89. The van der Waals surface area contributed by atoms with Crippen molar-refractivity contribution in [1.82, 2.24) is 8.87 Å². The van der Waals surface area contributed by atoms with Crippen LogP contribution in [0.3, 0.4) is 0 Å². The van der Waals surface area contributed by atoms with Crippen molar-refractivity contribution in [3.63, 3.8) is 0 Å². The number of nitrogens with zero attached hydrogens (tertiary/aromatic N) is 2. The van der Waals surface area contributed by atoms with E-state index in [-0.39, 0.29) is 22.0 Å². The number of ether oxygens (including phenoxy) is 1. The zero-order valence-corrected chi connectivity index (χ0v) is 15.4. The molecule has 27 heavy (non-hydrogen) atoms. The summed E-state index contributed by atoms with van der Waals surface area (Å²) < 4.78 is 57.4. The molecule has 146 valence electrons. The van der Waals surface area contributed by atoms with Crippen molar-refractivity contribution in [3.05, 3.63) is 42.2 Å². The number of carbonyl (C=O) groups is 1. The molecule has 0 bridgehead atoms. The molecule has 0 aliphatic carbocycles. The van der Waals surface area contributed by atoms with Gasteiger partial charge in [-0.1, -0.05) is 12.1 Å². The lowest BCUT2D eigenvalue weighted by molar-refractivity contribution is -0.0493. The first-order chi connectivity index (χ1) is 12.8. The van der Waals surface area contributed by atoms with Crippen LogP contribution in [0, 0.1) is 0 Å². The predicted molar refractivity (Wildman–Crippen MR) is 94.4 cm³/mol. The van der Waals surface area contributed by atoms with Gasteiger partial charge < -0.3 is 14.6 Å². The number of nitrogens with one attached hydrogen (secondary N) is 1. The van der Waals surface area contributed by atoms with E-state index in [9.17, 15) is 22.0 Å². The molecule has 2 aromatic rings. The van der Waals surface area contributed by atoms with Crippen molar-refractivity contribution < 1.29 is 26.7 Å². The van der Waals surface area contributed by atoms with Gasteiger partial charge in [0.2, 0.25) is 10.0 Å². The molecule has 7 nitrogen and oxygen atoms in total. The SMILES string of the molecule is Cn1cc(S(=O)(=O)N2CCCC2)cc1C(=O)Nc1ccccc1OC(F)F. The molecule has 1 aromatic heterocycles. The van der Waals surface area contributed by atoms with E-state index in [0.717, 1.165) is 12.8 Å². The van der Waals surface area contributed by atoms with Gasteiger partial charge in [-0.25, -0.2) is 8.42 Å². The van der Waals surface area contributed by atoms with Gasteiger partial charge >= 0.3 is 6.61 Å². The van der Waals surface area contributed by atoms with E-state index in [0.29, 0.717) is 13.1 Å². The standard InChI is InChI=1S/C17H19F2N3O4S/c1-21-11-12(27(24,25)22-8-4-5-9-22)10-14(21)16(23)20-13-6-2-3-7-15(13)26-17(18)19/h2-3,6-7,10-11,17H,4-5,8-9H2,1H3,(H,20,23). The molecule has 10 heteroatoms. The number of benzene rings is 1. The molecule has 0 unspecified atom stereocenters. The van der Waals surface area contributed by atoms with Gasteiger partial charge in [-0.2, -0.15) is 13.1 Å². The molecule has 0 spiro atoms. The average molecular weight is 399 g/mol. The number of aryl methyl sites for hydroxylation is 1. The zero-order valence-electron chi connectivity index (χ0n) is 14.6. The Labute approximate surface area is 155 Å². The highest BCUT2D eigenvalue weighted by atomic mass is 32.2. The van der Waals surface area contributed by atoms with Crippen molar-refractivity contribution in [1.29, 1.82) is 0 Å². The molecule has 2 heterocycles. The second-order valence-electron chi connectivity index (χ2n) is 6.11. The van der Waals surface area contributed by atoms with Crippen LogP contribution in [0.15, 0.2) is 41.4 Å². The molecule has 1 saturated heterocycles. The summed E-state index contributed by atoms with van der Waals surface area (Å²) in [5.74, 6) is -0.814. The van der Waals surface area contributed by atoms with Gasteiger partial charge in [-0.15, -0.1) is 0 Å². The summed E-state index contributed by atoms with van der Waals surface area (Å²) in [5, 5.41) is 2.48. The molecular weight excluding hydrogens is 380 g/mol. The van der Waals surface area contributed by atoms with Crippen LogP contribution in [0.5, 0.6) is 5.75 Å². The van der Waals surface area contributed by atoms with Gasteiger partial charge in [0.1, 0.15) is 16.3 Å². The number of hydrogen-bond donors (Lipinski definition) is 1. The molecule has 1 amide bonds. The lowest BCUT2D eigenvalue weighted by atomic mass is 10.3. The summed E-state index contributed by atoms with van der Waals surface area (Å²) in [4.78, 5) is 12.6. The molecule has 0 atom stereocenters. The van der Waals surface area contributed by atoms with Crippen molar-refractivity contribution >= 4 is 21.6 Å². The molecule has 0 radical (unpaired) electrons. The number of rotatable bonds is 6. The second kappa shape index (κ2) is 7.65. The fourth-order valence-corrected chi connectivity index (χ4v) is 4.52. The maximum Gasteiger partial charge on any atom is 0.387 e. The summed E-state index contributed by atoms with van der Waals surface area (Å²) in [6.45, 7) is -2.12. The van der Waals surface area contributed by atoms with Crippen molar-refractivity contribution in [3.8, 4) is 5.75 Å². The lowest BCUT2D eigenvalue weighted by Crippen LogP contribution is -2.27. The monoisotopic (exact) mass is 399 g/mol. The van der Waals surface area contributed by atoms with Gasteiger partial charge in [-0.05, 0) is 31.0 Å². The highest BCUT2D eigenvalue weighted by Crippen LogP contribution is 2.27. The van der Waals surface area contributed by atoms with Crippen LogP contribution in [0.4, 0.5) is 14.5 Å². The first kappa shape index (κ1) is 19.3. The van der Waals surface area contributed by atoms with E-state index < -0.39 is 22.5 Å². The Balaban J connectivity index is 1.84. The van der Waals surface area contributed by atoms with E-state index in [4.69, 9.17) is 0 Å². The minimum Gasteiger partial charge on any atom is -0.433 e. The first-order valence-electron chi connectivity index (χ1n) is 8.31. The van der Waals surface area contributed by atoms with Crippen molar-refractivity contribution in [2.24, 2.45) is 7.05 Å². The minimum atomic E-state index is -3.66. The smallest absolute Gasteiger partial charge is 0.387 e. The molecule has 0 saturated carbocycles. The number of amides is 1. The Bertz CT molecular complexity index is 937. The van der Waals surface area contributed by atoms with Gasteiger partial charge in [0, 0.05) is 26.3 Å². The summed E-state index contributed by atoms with van der Waals surface area (Å²) in [7, 11) is -2.12. The van der Waals surface area contributed by atoms with Crippen molar-refractivity contribution in [2.75, 3.05) is 18.4 Å². The maximum atomic E-state index is 12.6. The van der Waals surface area contributed by atoms with E-state index >= 15 is 0 Å². The minimum absolute atomic E-state index is 0.0224. The van der Waals surface area contributed by atoms with Gasteiger partial charge in [-0.3, -0.25) is 4.79 Å². The molecule has 1 aromatic carbocycles. The van der Waals surface area contributed by atoms with E-state index in [1.807, 2.05) is 0 Å². The second-order valence-corrected chi connectivity index (χ2v) is 8.05. The van der Waals surface area contributed by atoms with Crippen molar-refractivity contribution in [2.45, 2.75) is 24.3 Å². The van der Waals surface area contributed by atoms with Crippen LogP contribution < -0.4 is 10.1 Å².